The van der Waals surface area contributed by atoms with Crippen LogP contribution in [0.15, 0.2) is 18.2 Å². The standard InChI is InChI=1S/C8H11FN2O/c9-7-5-6(12)1-2-8(7)11-4-3-10/h1-2,5,11-12H,3-4,10H2. The Morgan fingerprint density at radius 3 is 2.83 bits per heavy atom. The molecule has 0 saturated carbocycles. The summed E-state index contributed by atoms with van der Waals surface area (Å²) in [6.07, 6.45) is 0. The fourth-order valence-electron chi connectivity index (χ4n) is 0.854. The van der Waals surface area contributed by atoms with Gasteiger partial charge >= 0.3 is 0 Å². The van der Waals surface area contributed by atoms with E-state index in [-0.39, 0.29) is 5.75 Å². The molecule has 0 fully saturated rings. The zero-order valence-corrected chi connectivity index (χ0v) is 6.55. The smallest absolute Gasteiger partial charge is 0.149 e. The quantitative estimate of drug-likeness (QED) is 0.591. The predicted octanol–water partition coefficient (Wildman–Crippen LogP) is 0.902. The van der Waals surface area contributed by atoms with E-state index in [1.54, 1.807) is 0 Å². The first-order valence-corrected chi connectivity index (χ1v) is 3.66. The van der Waals surface area contributed by atoms with E-state index >= 15 is 0 Å². The van der Waals surface area contributed by atoms with Gasteiger partial charge in [0.1, 0.15) is 11.6 Å². The number of nitrogens with two attached hydrogens (primary N) is 1. The predicted molar refractivity (Wildman–Crippen MR) is 45.6 cm³/mol. The van der Waals surface area contributed by atoms with Crippen LogP contribution in [-0.4, -0.2) is 18.2 Å². The van der Waals surface area contributed by atoms with Gasteiger partial charge in [-0.25, -0.2) is 4.39 Å². The van der Waals surface area contributed by atoms with Crippen LogP contribution in [0.2, 0.25) is 0 Å². The maximum absolute atomic E-state index is 12.9. The van der Waals surface area contributed by atoms with Crippen molar-refractivity contribution in [3.63, 3.8) is 0 Å². The van der Waals surface area contributed by atoms with E-state index in [0.29, 0.717) is 18.8 Å². The van der Waals surface area contributed by atoms with Gasteiger partial charge < -0.3 is 16.2 Å². The summed E-state index contributed by atoms with van der Waals surface area (Å²) in [5.74, 6) is -0.547. The zero-order chi connectivity index (χ0) is 8.97. The summed E-state index contributed by atoms with van der Waals surface area (Å²) in [7, 11) is 0. The Kier molecular flexibility index (Phi) is 2.88. The van der Waals surface area contributed by atoms with Crippen molar-refractivity contribution in [2.24, 2.45) is 5.73 Å². The first-order chi connectivity index (χ1) is 5.74. The highest BCUT2D eigenvalue weighted by atomic mass is 19.1. The molecule has 0 spiro atoms. The van der Waals surface area contributed by atoms with Crippen molar-refractivity contribution in [3.8, 4) is 5.75 Å². The van der Waals surface area contributed by atoms with Gasteiger partial charge in [0.25, 0.3) is 0 Å². The summed E-state index contributed by atoms with van der Waals surface area (Å²) in [6, 6.07) is 3.95. The van der Waals surface area contributed by atoms with Crippen molar-refractivity contribution >= 4 is 5.69 Å². The Labute approximate surface area is 70.0 Å². The van der Waals surface area contributed by atoms with Crippen LogP contribution in [0, 0.1) is 5.82 Å². The maximum Gasteiger partial charge on any atom is 0.149 e. The van der Waals surface area contributed by atoms with Crippen molar-refractivity contribution in [1.29, 1.82) is 0 Å². The minimum atomic E-state index is -0.469. The van der Waals surface area contributed by atoms with Gasteiger partial charge in [0.05, 0.1) is 5.69 Å². The van der Waals surface area contributed by atoms with Crippen LogP contribution < -0.4 is 11.1 Å². The maximum atomic E-state index is 12.9. The van der Waals surface area contributed by atoms with Gasteiger partial charge in [-0.3, -0.25) is 0 Å². The van der Waals surface area contributed by atoms with Crippen LogP contribution in [0.4, 0.5) is 10.1 Å². The molecule has 66 valence electrons. The fourth-order valence-corrected chi connectivity index (χ4v) is 0.854. The Bertz CT molecular complexity index is 265. The number of hydrogen-bond donors (Lipinski definition) is 3. The molecular weight excluding hydrogens is 159 g/mol. The lowest BCUT2D eigenvalue weighted by atomic mass is 10.3. The summed E-state index contributed by atoms with van der Waals surface area (Å²) >= 11 is 0. The summed E-state index contributed by atoms with van der Waals surface area (Å²) in [5, 5.41) is 11.6. The normalized spacial score (nSPS) is 9.83. The molecule has 0 radical (unpaired) electrons. The molecule has 0 aliphatic rings. The molecule has 0 unspecified atom stereocenters. The molecule has 1 aromatic carbocycles. The Morgan fingerprint density at radius 1 is 1.50 bits per heavy atom. The molecule has 4 heteroatoms. The molecular formula is C8H11FN2O. The van der Waals surface area contributed by atoms with Crippen LogP contribution >= 0.6 is 0 Å². The number of hydrogen-bond acceptors (Lipinski definition) is 3. The van der Waals surface area contributed by atoms with Crippen LogP contribution in [0.25, 0.3) is 0 Å². The second kappa shape index (κ2) is 3.92. The third kappa shape index (κ3) is 2.10. The highest BCUT2D eigenvalue weighted by Gasteiger charge is 2.00. The summed E-state index contributed by atoms with van der Waals surface area (Å²) in [6.45, 7) is 0.960. The summed E-state index contributed by atoms with van der Waals surface area (Å²) < 4.78 is 12.9. The van der Waals surface area contributed by atoms with Crippen molar-refractivity contribution in [2.75, 3.05) is 18.4 Å². The SMILES string of the molecule is NCCNc1ccc(O)cc1F. The first kappa shape index (κ1) is 8.80. The van der Waals surface area contributed by atoms with E-state index in [9.17, 15) is 4.39 Å². The minimum Gasteiger partial charge on any atom is -0.508 e. The number of phenolic OH excluding ortho intramolecular Hbond substituents is 1. The van der Waals surface area contributed by atoms with Crippen LogP contribution in [-0.2, 0) is 0 Å². The molecule has 0 saturated heterocycles. The Balaban J connectivity index is 2.72. The van der Waals surface area contributed by atoms with E-state index in [0.717, 1.165) is 6.07 Å². The lowest BCUT2D eigenvalue weighted by Gasteiger charge is -2.05. The molecule has 12 heavy (non-hydrogen) atoms. The second-order valence-corrected chi connectivity index (χ2v) is 2.38. The van der Waals surface area contributed by atoms with Gasteiger partial charge in [-0.05, 0) is 12.1 Å². The molecule has 4 N–H and O–H groups in total. The van der Waals surface area contributed by atoms with Crippen LogP contribution in [0.1, 0.15) is 0 Å². The number of anilines is 1. The first-order valence-electron chi connectivity index (χ1n) is 3.66. The molecule has 0 aliphatic heterocycles. The van der Waals surface area contributed by atoms with Crippen molar-refractivity contribution < 1.29 is 9.50 Å². The van der Waals surface area contributed by atoms with Gasteiger partial charge in [-0.2, -0.15) is 0 Å². The monoisotopic (exact) mass is 170 g/mol. The molecule has 0 aliphatic carbocycles. The van der Waals surface area contributed by atoms with E-state index in [2.05, 4.69) is 5.32 Å². The fraction of sp³-hybridized carbons (Fsp3) is 0.250. The highest BCUT2D eigenvalue weighted by molar-refractivity contribution is 5.47. The van der Waals surface area contributed by atoms with E-state index in [4.69, 9.17) is 10.8 Å². The summed E-state index contributed by atoms with van der Waals surface area (Å²) in [5.41, 5.74) is 5.58. The highest BCUT2D eigenvalue weighted by Crippen LogP contribution is 2.18. The number of halogens is 1. The largest absolute Gasteiger partial charge is 0.508 e. The molecule has 0 heterocycles. The molecule has 0 aromatic heterocycles. The van der Waals surface area contributed by atoms with Crippen molar-refractivity contribution in [2.45, 2.75) is 0 Å². The lowest BCUT2D eigenvalue weighted by Crippen LogP contribution is -2.13. The Morgan fingerprint density at radius 2 is 2.25 bits per heavy atom. The van der Waals surface area contributed by atoms with Crippen LogP contribution in [0.5, 0.6) is 5.75 Å². The molecule has 0 amide bonds. The zero-order valence-electron chi connectivity index (χ0n) is 6.55. The average molecular weight is 170 g/mol. The van der Waals surface area contributed by atoms with Crippen LogP contribution in [0.3, 0.4) is 0 Å². The topological polar surface area (TPSA) is 58.3 Å². The number of benzene rings is 1. The lowest BCUT2D eigenvalue weighted by molar-refractivity contribution is 0.469. The van der Waals surface area contributed by atoms with Gasteiger partial charge in [-0.15, -0.1) is 0 Å². The average Bonchev–Trinajstić information content (AvgIpc) is 2.03. The van der Waals surface area contributed by atoms with Gasteiger partial charge in [0.2, 0.25) is 0 Å². The van der Waals surface area contributed by atoms with E-state index < -0.39 is 5.82 Å². The van der Waals surface area contributed by atoms with Crippen molar-refractivity contribution in [3.05, 3.63) is 24.0 Å². The third-order valence-electron chi connectivity index (χ3n) is 1.41. The number of phenols is 1. The molecule has 0 bridgehead atoms. The summed E-state index contributed by atoms with van der Waals surface area (Å²) in [4.78, 5) is 0. The second-order valence-electron chi connectivity index (χ2n) is 2.38. The number of aromatic hydroxyl groups is 1. The number of nitrogens with one attached hydrogen (secondary N) is 1. The van der Waals surface area contributed by atoms with Gasteiger partial charge in [-0.1, -0.05) is 0 Å². The van der Waals surface area contributed by atoms with Gasteiger partial charge in [0, 0.05) is 19.2 Å². The Hall–Kier alpha value is -1.29. The van der Waals surface area contributed by atoms with E-state index in [1.807, 2.05) is 0 Å². The molecule has 0 atom stereocenters. The molecule has 1 rings (SSSR count). The van der Waals surface area contributed by atoms with E-state index in [1.165, 1.54) is 12.1 Å². The molecule has 1 aromatic rings. The number of rotatable bonds is 3. The molecule has 3 nitrogen and oxygen atoms in total. The minimum absolute atomic E-state index is 0.0780. The third-order valence-corrected chi connectivity index (χ3v) is 1.41. The van der Waals surface area contributed by atoms with Gasteiger partial charge in [0.15, 0.2) is 0 Å². The van der Waals surface area contributed by atoms with Crippen molar-refractivity contribution in [1.82, 2.24) is 0 Å².